The molecule has 0 unspecified atom stereocenters. The van der Waals surface area contributed by atoms with E-state index in [0.29, 0.717) is 18.3 Å². The van der Waals surface area contributed by atoms with Crippen molar-refractivity contribution in [2.75, 3.05) is 23.9 Å². The Morgan fingerprint density at radius 3 is 2.67 bits per heavy atom. The predicted octanol–water partition coefficient (Wildman–Crippen LogP) is 0.716. The van der Waals surface area contributed by atoms with Crippen LogP contribution in [0.15, 0.2) is 23.5 Å². The number of aromatic nitrogens is 4. The summed E-state index contributed by atoms with van der Waals surface area (Å²) in [6.07, 6.45) is 3.98. The van der Waals surface area contributed by atoms with Gasteiger partial charge >= 0.3 is 0 Å². The summed E-state index contributed by atoms with van der Waals surface area (Å²) in [7, 11) is -3.51. The van der Waals surface area contributed by atoms with Gasteiger partial charge in [-0.2, -0.15) is 4.68 Å². The molecule has 0 fully saturated rings. The largest absolute Gasteiger partial charge is 0.382 e. The van der Waals surface area contributed by atoms with Crippen LogP contribution in [0.2, 0.25) is 0 Å². The molecule has 0 saturated carbocycles. The number of nitrogens with one attached hydrogen (secondary N) is 1. The summed E-state index contributed by atoms with van der Waals surface area (Å²) in [6, 6.07) is 1.60. The Bertz CT molecular complexity index is 724. The van der Waals surface area contributed by atoms with Gasteiger partial charge in [0.05, 0.1) is 0 Å². The molecule has 3 N–H and O–H groups in total. The fraction of sp³-hybridized carbons (Fsp3) is 0.417. The average molecular weight is 310 g/mol. The summed E-state index contributed by atoms with van der Waals surface area (Å²) in [6.45, 7) is 4.61. The van der Waals surface area contributed by atoms with E-state index in [2.05, 4.69) is 20.4 Å². The third kappa shape index (κ3) is 3.30. The van der Waals surface area contributed by atoms with Crippen molar-refractivity contribution < 1.29 is 8.42 Å². The minimum absolute atomic E-state index is 0.0123. The molecule has 21 heavy (non-hydrogen) atoms. The molecule has 114 valence electrons. The minimum Gasteiger partial charge on any atom is -0.382 e. The molecule has 0 amide bonds. The standard InChI is InChI=1S/C12H18N6O2S/c1-8(2)6-15-12-10(21(3,19)20)11(13)18(17-12)9-4-5-14-7-16-9/h4-5,7-8H,6,13H2,1-3H3,(H,15,17). The number of sulfone groups is 1. The Balaban J connectivity index is 2.55. The maximum Gasteiger partial charge on any atom is 0.182 e. The van der Waals surface area contributed by atoms with Crippen LogP contribution in [0.5, 0.6) is 0 Å². The van der Waals surface area contributed by atoms with Crippen LogP contribution in [-0.4, -0.2) is 41.0 Å². The van der Waals surface area contributed by atoms with Gasteiger partial charge in [0.25, 0.3) is 0 Å². The second kappa shape index (κ2) is 5.68. The van der Waals surface area contributed by atoms with Crippen LogP contribution < -0.4 is 11.1 Å². The summed E-state index contributed by atoms with van der Waals surface area (Å²) in [5.41, 5.74) is 5.95. The van der Waals surface area contributed by atoms with Crippen molar-refractivity contribution in [2.45, 2.75) is 18.7 Å². The lowest BCUT2D eigenvalue weighted by atomic mass is 10.2. The molecule has 0 radical (unpaired) electrons. The lowest BCUT2D eigenvalue weighted by Gasteiger charge is -2.07. The summed E-state index contributed by atoms with van der Waals surface area (Å²) in [5.74, 6) is 1.01. The summed E-state index contributed by atoms with van der Waals surface area (Å²) in [5, 5.41) is 7.25. The number of rotatable bonds is 5. The highest BCUT2D eigenvalue weighted by molar-refractivity contribution is 7.91. The first-order valence-corrected chi connectivity index (χ1v) is 8.28. The maximum absolute atomic E-state index is 12.0. The first-order valence-electron chi connectivity index (χ1n) is 6.39. The molecule has 9 heteroatoms. The number of nitrogens with zero attached hydrogens (tertiary/aromatic N) is 4. The van der Waals surface area contributed by atoms with E-state index in [0.717, 1.165) is 6.26 Å². The normalized spacial score (nSPS) is 11.8. The Morgan fingerprint density at radius 1 is 1.43 bits per heavy atom. The molecule has 2 aromatic heterocycles. The molecule has 0 spiro atoms. The molecular weight excluding hydrogens is 292 g/mol. The molecule has 2 heterocycles. The van der Waals surface area contributed by atoms with Gasteiger partial charge in [-0.05, 0) is 5.92 Å². The van der Waals surface area contributed by atoms with E-state index in [1.165, 1.54) is 17.2 Å². The van der Waals surface area contributed by atoms with E-state index in [4.69, 9.17) is 5.73 Å². The lowest BCUT2D eigenvalue weighted by molar-refractivity contribution is 0.602. The number of anilines is 2. The Hall–Kier alpha value is -2.16. The number of nitrogens with two attached hydrogens (primary N) is 1. The first kappa shape index (κ1) is 15.2. The van der Waals surface area contributed by atoms with E-state index < -0.39 is 9.84 Å². The molecular formula is C12H18N6O2S. The molecule has 0 aliphatic rings. The number of nitrogen functional groups attached to an aromatic ring is 1. The quantitative estimate of drug-likeness (QED) is 0.835. The minimum atomic E-state index is -3.51. The first-order chi connectivity index (χ1) is 9.80. The fourth-order valence-electron chi connectivity index (χ4n) is 1.78. The fourth-order valence-corrected chi connectivity index (χ4v) is 2.71. The van der Waals surface area contributed by atoms with Crippen LogP contribution >= 0.6 is 0 Å². The average Bonchev–Trinajstić information content (AvgIpc) is 2.74. The lowest BCUT2D eigenvalue weighted by Crippen LogP contribution is -2.11. The number of hydrogen-bond acceptors (Lipinski definition) is 7. The van der Waals surface area contributed by atoms with Crippen molar-refractivity contribution in [1.82, 2.24) is 19.7 Å². The van der Waals surface area contributed by atoms with E-state index in [-0.39, 0.29) is 16.5 Å². The van der Waals surface area contributed by atoms with Crippen molar-refractivity contribution in [3.8, 4) is 5.82 Å². The molecule has 2 rings (SSSR count). The smallest absolute Gasteiger partial charge is 0.182 e. The highest BCUT2D eigenvalue weighted by atomic mass is 32.2. The zero-order valence-electron chi connectivity index (χ0n) is 12.1. The van der Waals surface area contributed by atoms with Gasteiger partial charge < -0.3 is 11.1 Å². The van der Waals surface area contributed by atoms with Gasteiger partial charge in [0.1, 0.15) is 12.1 Å². The summed E-state index contributed by atoms with van der Waals surface area (Å²) >= 11 is 0. The van der Waals surface area contributed by atoms with Crippen molar-refractivity contribution in [1.29, 1.82) is 0 Å². The SMILES string of the molecule is CC(C)CNc1nn(-c2ccncn2)c(N)c1S(C)(=O)=O. The van der Waals surface area contributed by atoms with Gasteiger partial charge in [-0.1, -0.05) is 13.8 Å². The zero-order chi connectivity index (χ0) is 15.6. The topological polar surface area (TPSA) is 116 Å². The zero-order valence-corrected chi connectivity index (χ0v) is 12.9. The van der Waals surface area contributed by atoms with Crippen LogP contribution in [0.25, 0.3) is 5.82 Å². The second-order valence-electron chi connectivity index (χ2n) is 5.09. The highest BCUT2D eigenvalue weighted by Crippen LogP contribution is 2.28. The van der Waals surface area contributed by atoms with Crippen LogP contribution in [0, 0.1) is 5.92 Å². The van der Waals surface area contributed by atoms with E-state index >= 15 is 0 Å². The van der Waals surface area contributed by atoms with Crippen molar-refractivity contribution in [3.63, 3.8) is 0 Å². The van der Waals surface area contributed by atoms with Crippen LogP contribution in [0.3, 0.4) is 0 Å². The molecule has 2 aromatic rings. The third-order valence-electron chi connectivity index (χ3n) is 2.71. The van der Waals surface area contributed by atoms with Crippen LogP contribution in [0.4, 0.5) is 11.6 Å². The molecule has 0 aromatic carbocycles. The van der Waals surface area contributed by atoms with E-state index in [1.54, 1.807) is 6.07 Å². The van der Waals surface area contributed by atoms with Crippen molar-refractivity contribution >= 4 is 21.5 Å². The Kier molecular flexibility index (Phi) is 4.12. The van der Waals surface area contributed by atoms with E-state index in [1.807, 2.05) is 13.8 Å². The van der Waals surface area contributed by atoms with Gasteiger partial charge in [-0.25, -0.2) is 18.4 Å². The third-order valence-corrected chi connectivity index (χ3v) is 3.85. The Morgan fingerprint density at radius 2 is 2.14 bits per heavy atom. The van der Waals surface area contributed by atoms with Gasteiger partial charge in [0, 0.05) is 25.1 Å². The second-order valence-corrected chi connectivity index (χ2v) is 7.04. The van der Waals surface area contributed by atoms with Gasteiger partial charge in [-0.3, -0.25) is 0 Å². The van der Waals surface area contributed by atoms with Crippen molar-refractivity contribution in [2.24, 2.45) is 5.92 Å². The van der Waals surface area contributed by atoms with Gasteiger partial charge in [-0.15, -0.1) is 5.10 Å². The summed E-state index contributed by atoms with van der Waals surface area (Å²) in [4.78, 5) is 7.83. The van der Waals surface area contributed by atoms with E-state index in [9.17, 15) is 8.42 Å². The van der Waals surface area contributed by atoms with Gasteiger partial charge in [0.15, 0.2) is 26.4 Å². The molecule has 0 bridgehead atoms. The predicted molar refractivity (Wildman–Crippen MR) is 80.0 cm³/mol. The molecule has 0 aliphatic heterocycles. The van der Waals surface area contributed by atoms with Crippen molar-refractivity contribution in [3.05, 3.63) is 18.6 Å². The molecule has 0 saturated heterocycles. The van der Waals surface area contributed by atoms with Crippen LogP contribution in [-0.2, 0) is 9.84 Å². The molecule has 8 nitrogen and oxygen atoms in total. The maximum atomic E-state index is 12.0. The summed E-state index contributed by atoms with van der Waals surface area (Å²) < 4.78 is 25.2. The van der Waals surface area contributed by atoms with Gasteiger partial charge in [0.2, 0.25) is 0 Å². The number of hydrogen-bond donors (Lipinski definition) is 2. The molecule has 0 aliphatic carbocycles. The Labute approximate surface area is 123 Å². The van der Waals surface area contributed by atoms with Crippen LogP contribution in [0.1, 0.15) is 13.8 Å². The molecule has 0 atom stereocenters. The highest BCUT2D eigenvalue weighted by Gasteiger charge is 2.25. The monoisotopic (exact) mass is 310 g/mol.